The lowest BCUT2D eigenvalue weighted by Gasteiger charge is -2.06. The predicted molar refractivity (Wildman–Crippen MR) is 56.9 cm³/mol. The molecule has 0 fully saturated rings. The van der Waals surface area contributed by atoms with Crippen molar-refractivity contribution in [1.82, 2.24) is 0 Å². The van der Waals surface area contributed by atoms with Crippen molar-refractivity contribution in [2.45, 2.75) is 12.8 Å². The highest BCUT2D eigenvalue weighted by molar-refractivity contribution is 5.92. The van der Waals surface area contributed by atoms with Crippen LogP contribution in [-0.2, 0) is 11.2 Å². The number of fused-ring (bicyclic) bond motifs is 1. The number of carboxylic acid groups (broad SMARTS) is 1. The molecule has 3 heteroatoms. The van der Waals surface area contributed by atoms with Gasteiger partial charge >= 0.3 is 5.97 Å². The zero-order valence-electron chi connectivity index (χ0n) is 8.49. The van der Waals surface area contributed by atoms with Crippen LogP contribution in [0, 0.1) is 0 Å². The molecule has 0 atom stereocenters. The number of rotatable bonds is 2. The number of carbonyl (C=O) groups is 1. The lowest BCUT2D eigenvalue weighted by atomic mass is 10.1. The first-order valence-corrected chi connectivity index (χ1v) is 4.82. The Labute approximate surface area is 88.0 Å². The smallest absolute Gasteiger partial charge is 0.328 e. The zero-order valence-corrected chi connectivity index (χ0v) is 8.49. The number of aliphatic carboxylic acids is 1. The Morgan fingerprint density at radius 2 is 2.27 bits per heavy atom. The Kier molecular flexibility index (Phi) is 2.46. The third-order valence-electron chi connectivity index (χ3n) is 2.64. The molecular formula is C12H12O3. The molecule has 0 aliphatic heterocycles. The molecule has 1 aliphatic rings. The number of carboxylic acids is 1. The van der Waals surface area contributed by atoms with Gasteiger partial charge in [0.15, 0.2) is 0 Å². The zero-order chi connectivity index (χ0) is 10.8. The summed E-state index contributed by atoms with van der Waals surface area (Å²) in [5, 5.41) is 8.72. The van der Waals surface area contributed by atoms with E-state index in [4.69, 9.17) is 9.84 Å². The molecule has 1 aliphatic carbocycles. The SMILES string of the molecule is COc1cccc2c1CC/C2=C\C(=O)O. The van der Waals surface area contributed by atoms with Crippen molar-refractivity contribution in [2.75, 3.05) is 7.11 Å². The van der Waals surface area contributed by atoms with E-state index >= 15 is 0 Å². The molecule has 2 rings (SSSR count). The maximum absolute atomic E-state index is 10.6. The second kappa shape index (κ2) is 3.77. The molecule has 0 saturated carbocycles. The third-order valence-corrected chi connectivity index (χ3v) is 2.64. The summed E-state index contributed by atoms with van der Waals surface area (Å²) in [6, 6.07) is 5.74. The molecule has 0 heterocycles. The van der Waals surface area contributed by atoms with E-state index in [0.717, 1.165) is 35.3 Å². The predicted octanol–water partition coefficient (Wildman–Crippen LogP) is 2.11. The molecule has 0 bridgehead atoms. The summed E-state index contributed by atoms with van der Waals surface area (Å²) in [7, 11) is 1.63. The van der Waals surface area contributed by atoms with Crippen molar-refractivity contribution in [3.8, 4) is 5.75 Å². The molecule has 15 heavy (non-hydrogen) atoms. The second-order valence-corrected chi connectivity index (χ2v) is 3.49. The number of hydrogen-bond acceptors (Lipinski definition) is 2. The first-order valence-electron chi connectivity index (χ1n) is 4.82. The number of hydrogen-bond donors (Lipinski definition) is 1. The quantitative estimate of drug-likeness (QED) is 0.750. The average molecular weight is 204 g/mol. The van der Waals surface area contributed by atoms with Gasteiger partial charge in [-0.1, -0.05) is 12.1 Å². The summed E-state index contributed by atoms with van der Waals surface area (Å²) in [4.78, 5) is 10.6. The number of ether oxygens (including phenoxy) is 1. The van der Waals surface area contributed by atoms with E-state index < -0.39 is 5.97 Å². The van der Waals surface area contributed by atoms with Crippen molar-refractivity contribution < 1.29 is 14.6 Å². The van der Waals surface area contributed by atoms with Crippen LogP contribution >= 0.6 is 0 Å². The molecule has 0 amide bonds. The van der Waals surface area contributed by atoms with E-state index in [1.165, 1.54) is 6.08 Å². The maximum atomic E-state index is 10.6. The highest BCUT2D eigenvalue weighted by Crippen LogP contribution is 2.37. The van der Waals surface area contributed by atoms with Crippen LogP contribution in [0.1, 0.15) is 17.5 Å². The number of allylic oxidation sites excluding steroid dienone is 1. The van der Waals surface area contributed by atoms with E-state index in [2.05, 4.69) is 0 Å². The van der Waals surface area contributed by atoms with E-state index in [1.54, 1.807) is 7.11 Å². The van der Waals surface area contributed by atoms with Crippen LogP contribution in [0.25, 0.3) is 5.57 Å². The second-order valence-electron chi connectivity index (χ2n) is 3.49. The minimum Gasteiger partial charge on any atom is -0.496 e. The van der Waals surface area contributed by atoms with Gasteiger partial charge in [0.2, 0.25) is 0 Å². The topological polar surface area (TPSA) is 46.5 Å². The molecule has 0 radical (unpaired) electrons. The molecule has 0 spiro atoms. The van der Waals surface area contributed by atoms with Crippen LogP contribution < -0.4 is 4.74 Å². The van der Waals surface area contributed by atoms with Gasteiger partial charge in [-0.15, -0.1) is 0 Å². The van der Waals surface area contributed by atoms with Gasteiger partial charge in [-0.25, -0.2) is 4.79 Å². The van der Waals surface area contributed by atoms with Crippen LogP contribution in [0.15, 0.2) is 24.3 Å². The van der Waals surface area contributed by atoms with Crippen molar-refractivity contribution in [2.24, 2.45) is 0 Å². The highest BCUT2D eigenvalue weighted by atomic mass is 16.5. The van der Waals surface area contributed by atoms with Crippen LogP contribution in [0.2, 0.25) is 0 Å². The fourth-order valence-corrected chi connectivity index (χ4v) is 2.01. The first kappa shape index (κ1) is 9.77. The van der Waals surface area contributed by atoms with Crippen LogP contribution in [0.4, 0.5) is 0 Å². The van der Waals surface area contributed by atoms with E-state index in [9.17, 15) is 4.79 Å². The third kappa shape index (κ3) is 1.73. The van der Waals surface area contributed by atoms with Gasteiger partial charge in [0.1, 0.15) is 5.75 Å². The standard InChI is InChI=1S/C12H12O3/c1-15-11-4-2-3-9-8(7-12(13)14)5-6-10(9)11/h2-4,7H,5-6H2,1H3,(H,13,14)/b8-7+. The van der Waals surface area contributed by atoms with Gasteiger partial charge in [0.05, 0.1) is 7.11 Å². The van der Waals surface area contributed by atoms with E-state index in [1.807, 2.05) is 18.2 Å². The van der Waals surface area contributed by atoms with E-state index in [0.29, 0.717) is 0 Å². The number of methoxy groups -OCH3 is 1. The molecule has 1 aromatic carbocycles. The van der Waals surface area contributed by atoms with E-state index in [-0.39, 0.29) is 0 Å². The Balaban J connectivity index is 2.48. The Morgan fingerprint density at radius 1 is 1.47 bits per heavy atom. The Hall–Kier alpha value is -1.77. The normalized spacial score (nSPS) is 16.5. The van der Waals surface area contributed by atoms with Crippen LogP contribution in [0.3, 0.4) is 0 Å². The summed E-state index contributed by atoms with van der Waals surface area (Å²) in [5.74, 6) is -0.0399. The van der Waals surface area contributed by atoms with Crippen LogP contribution in [-0.4, -0.2) is 18.2 Å². The molecule has 0 unspecified atom stereocenters. The monoisotopic (exact) mass is 204 g/mol. The molecule has 3 nitrogen and oxygen atoms in total. The summed E-state index contributed by atoms with van der Waals surface area (Å²) in [6.07, 6.45) is 2.92. The van der Waals surface area contributed by atoms with Gasteiger partial charge in [-0.3, -0.25) is 0 Å². The average Bonchev–Trinajstić information content (AvgIpc) is 2.61. The van der Waals surface area contributed by atoms with Crippen molar-refractivity contribution in [3.05, 3.63) is 35.4 Å². The van der Waals surface area contributed by atoms with Crippen molar-refractivity contribution in [1.29, 1.82) is 0 Å². The highest BCUT2D eigenvalue weighted by Gasteiger charge is 2.20. The minimum absolute atomic E-state index is 0.780. The molecule has 0 saturated heterocycles. The largest absolute Gasteiger partial charge is 0.496 e. The van der Waals surface area contributed by atoms with Crippen molar-refractivity contribution >= 4 is 11.5 Å². The van der Waals surface area contributed by atoms with Gasteiger partial charge < -0.3 is 9.84 Å². The fourth-order valence-electron chi connectivity index (χ4n) is 2.01. The van der Waals surface area contributed by atoms with Gasteiger partial charge in [-0.2, -0.15) is 0 Å². The van der Waals surface area contributed by atoms with Crippen LogP contribution in [0.5, 0.6) is 5.75 Å². The summed E-state index contributed by atoms with van der Waals surface area (Å²) < 4.78 is 5.24. The lowest BCUT2D eigenvalue weighted by Crippen LogP contribution is -1.91. The summed E-state index contributed by atoms with van der Waals surface area (Å²) in [6.45, 7) is 0. The van der Waals surface area contributed by atoms with Gasteiger partial charge in [0, 0.05) is 11.6 Å². The minimum atomic E-state index is -0.888. The fraction of sp³-hybridized carbons (Fsp3) is 0.250. The van der Waals surface area contributed by atoms with Gasteiger partial charge in [0.25, 0.3) is 0 Å². The molecule has 1 aromatic rings. The Bertz CT molecular complexity index is 432. The number of benzene rings is 1. The summed E-state index contributed by atoms with van der Waals surface area (Å²) >= 11 is 0. The molecule has 78 valence electrons. The molecule has 0 aromatic heterocycles. The molecular weight excluding hydrogens is 192 g/mol. The first-order chi connectivity index (χ1) is 7.22. The maximum Gasteiger partial charge on any atom is 0.328 e. The van der Waals surface area contributed by atoms with Crippen molar-refractivity contribution in [3.63, 3.8) is 0 Å². The lowest BCUT2D eigenvalue weighted by molar-refractivity contribution is -0.131. The summed E-state index contributed by atoms with van der Waals surface area (Å²) in [5.41, 5.74) is 3.01. The Morgan fingerprint density at radius 3 is 2.93 bits per heavy atom. The van der Waals surface area contributed by atoms with Gasteiger partial charge in [-0.05, 0) is 30.0 Å². The molecule has 1 N–H and O–H groups in total.